The van der Waals surface area contributed by atoms with Crippen molar-refractivity contribution in [1.82, 2.24) is 14.9 Å². The van der Waals surface area contributed by atoms with Gasteiger partial charge in [-0.3, -0.25) is 4.90 Å². The van der Waals surface area contributed by atoms with Crippen molar-refractivity contribution in [2.45, 2.75) is 38.8 Å². The monoisotopic (exact) mass is 369 g/mol. The van der Waals surface area contributed by atoms with Gasteiger partial charge in [0.05, 0.1) is 30.6 Å². The van der Waals surface area contributed by atoms with E-state index >= 15 is 0 Å². The van der Waals surface area contributed by atoms with Crippen molar-refractivity contribution in [2.24, 2.45) is 0 Å². The number of rotatable bonds is 6. The van der Waals surface area contributed by atoms with Crippen LogP contribution in [0, 0.1) is 6.92 Å². The molecule has 0 bridgehead atoms. The average molecular weight is 369 g/mol. The molecule has 0 unspecified atom stereocenters. The molecule has 2 aromatic heterocycles. The van der Waals surface area contributed by atoms with Crippen molar-refractivity contribution in [3.63, 3.8) is 0 Å². The minimum absolute atomic E-state index is 0.265. The van der Waals surface area contributed by atoms with Crippen LogP contribution in [0.4, 0.5) is 0 Å². The zero-order valence-electron chi connectivity index (χ0n) is 15.1. The van der Waals surface area contributed by atoms with E-state index in [1.54, 1.807) is 18.4 Å². The van der Waals surface area contributed by atoms with Gasteiger partial charge < -0.3 is 9.15 Å². The number of hydrogen-bond acceptors (Lipinski definition) is 6. The Morgan fingerprint density at radius 2 is 2.12 bits per heavy atom. The molecule has 1 aliphatic heterocycles. The van der Waals surface area contributed by atoms with Gasteiger partial charge in [-0.1, -0.05) is 12.1 Å². The van der Waals surface area contributed by atoms with E-state index in [4.69, 9.17) is 9.15 Å². The zero-order chi connectivity index (χ0) is 17.9. The van der Waals surface area contributed by atoms with Gasteiger partial charge in [-0.25, -0.2) is 9.97 Å². The normalized spacial score (nSPS) is 17.7. The fraction of sp³-hybridized carbons (Fsp3) is 0.400. The van der Waals surface area contributed by atoms with E-state index in [0.717, 1.165) is 49.0 Å². The molecule has 0 aliphatic carbocycles. The summed E-state index contributed by atoms with van der Waals surface area (Å²) in [6.07, 6.45) is 4.89. The molecule has 0 amide bonds. The van der Waals surface area contributed by atoms with E-state index in [1.807, 2.05) is 23.8 Å². The first-order valence-corrected chi connectivity index (χ1v) is 9.81. The van der Waals surface area contributed by atoms with Gasteiger partial charge in [0.15, 0.2) is 0 Å². The smallest absolute Gasteiger partial charge is 0.211 e. The fourth-order valence-electron chi connectivity index (χ4n) is 3.46. The Morgan fingerprint density at radius 1 is 1.27 bits per heavy atom. The molecular weight excluding hydrogens is 346 g/mol. The predicted octanol–water partition coefficient (Wildman–Crippen LogP) is 4.38. The van der Waals surface area contributed by atoms with Crippen LogP contribution in [-0.4, -0.2) is 28.5 Å². The third-order valence-electron chi connectivity index (χ3n) is 4.95. The predicted molar refractivity (Wildman–Crippen MR) is 102 cm³/mol. The highest BCUT2D eigenvalue weighted by Gasteiger charge is 2.30. The van der Waals surface area contributed by atoms with Gasteiger partial charge in [0, 0.05) is 17.8 Å². The maximum Gasteiger partial charge on any atom is 0.211 e. The summed E-state index contributed by atoms with van der Waals surface area (Å²) in [5.41, 5.74) is 4.25. The average Bonchev–Trinajstić information content (AvgIpc) is 3.38. The Balaban J connectivity index is 1.45. The van der Waals surface area contributed by atoms with Gasteiger partial charge in [0.1, 0.15) is 11.5 Å². The number of ether oxygens (including phenoxy) is 1. The third kappa shape index (κ3) is 3.66. The molecule has 0 radical (unpaired) electrons. The summed E-state index contributed by atoms with van der Waals surface area (Å²) in [5, 5.41) is 0. The van der Waals surface area contributed by atoms with Gasteiger partial charge in [-0.15, -0.1) is 11.3 Å². The first-order chi connectivity index (χ1) is 12.7. The lowest BCUT2D eigenvalue weighted by Gasteiger charge is -2.21. The van der Waals surface area contributed by atoms with Crippen molar-refractivity contribution in [1.29, 1.82) is 0 Å². The fourth-order valence-corrected chi connectivity index (χ4v) is 4.26. The van der Waals surface area contributed by atoms with Crippen molar-refractivity contribution in [2.75, 3.05) is 13.7 Å². The van der Waals surface area contributed by atoms with Gasteiger partial charge in [-0.05, 0) is 44.0 Å². The van der Waals surface area contributed by atoms with Crippen LogP contribution in [0.5, 0.6) is 5.75 Å². The SMILES string of the molecule is COc1ccc(Cc2cnc([C@H]3CCCN3Cc3scnc3C)o2)cc1. The molecule has 1 atom stereocenters. The maximum absolute atomic E-state index is 6.11. The van der Waals surface area contributed by atoms with Crippen LogP contribution in [0.25, 0.3) is 0 Å². The maximum atomic E-state index is 6.11. The van der Waals surface area contributed by atoms with Crippen LogP contribution in [0.1, 0.15) is 46.7 Å². The van der Waals surface area contributed by atoms with Crippen molar-refractivity contribution in [3.05, 3.63) is 63.8 Å². The molecule has 1 aromatic carbocycles. The Labute approximate surface area is 157 Å². The zero-order valence-corrected chi connectivity index (χ0v) is 16.0. The first-order valence-electron chi connectivity index (χ1n) is 8.93. The molecule has 1 saturated heterocycles. The number of benzene rings is 1. The molecule has 0 N–H and O–H groups in total. The van der Waals surface area contributed by atoms with E-state index < -0.39 is 0 Å². The molecule has 4 rings (SSSR count). The molecule has 5 nitrogen and oxygen atoms in total. The number of aromatic nitrogens is 2. The molecule has 6 heteroatoms. The molecule has 136 valence electrons. The number of nitrogens with zero attached hydrogens (tertiary/aromatic N) is 3. The molecular formula is C20H23N3O2S. The van der Waals surface area contributed by atoms with Crippen LogP contribution >= 0.6 is 11.3 Å². The van der Waals surface area contributed by atoms with E-state index in [2.05, 4.69) is 33.9 Å². The van der Waals surface area contributed by atoms with Gasteiger partial charge in [-0.2, -0.15) is 0 Å². The lowest BCUT2D eigenvalue weighted by atomic mass is 10.1. The minimum atomic E-state index is 0.265. The second kappa shape index (κ2) is 7.60. The van der Waals surface area contributed by atoms with Crippen LogP contribution in [0.3, 0.4) is 0 Å². The number of oxazole rings is 1. The van der Waals surface area contributed by atoms with Crippen LogP contribution in [-0.2, 0) is 13.0 Å². The molecule has 3 aromatic rings. The Bertz CT molecular complexity index is 856. The van der Waals surface area contributed by atoms with E-state index in [-0.39, 0.29) is 6.04 Å². The number of methoxy groups -OCH3 is 1. The standard InChI is InChI=1S/C20H23N3O2S/c1-14-19(26-13-22-14)12-23-9-3-4-18(23)20-21-11-17(25-20)10-15-5-7-16(24-2)8-6-15/h5-8,11,13,18H,3-4,9-10,12H2,1-2H3/t18-/m1/s1. The summed E-state index contributed by atoms with van der Waals surface area (Å²) in [4.78, 5) is 12.7. The summed E-state index contributed by atoms with van der Waals surface area (Å²) >= 11 is 1.73. The topological polar surface area (TPSA) is 51.4 Å². The summed E-state index contributed by atoms with van der Waals surface area (Å²) in [6.45, 7) is 4.09. The van der Waals surface area contributed by atoms with Crippen molar-refractivity contribution < 1.29 is 9.15 Å². The summed E-state index contributed by atoms with van der Waals surface area (Å²) in [7, 11) is 1.68. The molecule has 3 heterocycles. The molecule has 1 fully saturated rings. The van der Waals surface area contributed by atoms with E-state index in [1.165, 1.54) is 16.9 Å². The van der Waals surface area contributed by atoms with E-state index in [0.29, 0.717) is 0 Å². The molecule has 0 spiro atoms. The lowest BCUT2D eigenvalue weighted by molar-refractivity contribution is 0.213. The van der Waals surface area contributed by atoms with Crippen LogP contribution in [0.2, 0.25) is 0 Å². The highest BCUT2D eigenvalue weighted by molar-refractivity contribution is 7.09. The first kappa shape index (κ1) is 17.2. The number of likely N-dealkylation sites (tertiary alicyclic amines) is 1. The quantitative estimate of drug-likeness (QED) is 0.645. The van der Waals surface area contributed by atoms with Crippen molar-refractivity contribution >= 4 is 11.3 Å². The highest BCUT2D eigenvalue weighted by atomic mass is 32.1. The van der Waals surface area contributed by atoms with Gasteiger partial charge in [0.25, 0.3) is 0 Å². The van der Waals surface area contributed by atoms with Gasteiger partial charge >= 0.3 is 0 Å². The number of thiazole rings is 1. The van der Waals surface area contributed by atoms with Crippen LogP contribution < -0.4 is 4.74 Å². The summed E-state index contributed by atoms with van der Waals surface area (Å²) in [5.74, 6) is 2.62. The minimum Gasteiger partial charge on any atom is -0.497 e. The number of hydrogen-bond donors (Lipinski definition) is 0. The van der Waals surface area contributed by atoms with Crippen molar-refractivity contribution in [3.8, 4) is 5.75 Å². The summed E-state index contributed by atoms with van der Waals surface area (Å²) < 4.78 is 11.3. The number of aryl methyl sites for hydroxylation is 1. The largest absolute Gasteiger partial charge is 0.497 e. The lowest BCUT2D eigenvalue weighted by Crippen LogP contribution is -2.22. The second-order valence-electron chi connectivity index (χ2n) is 6.68. The van der Waals surface area contributed by atoms with E-state index in [9.17, 15) is 0 Å². The van der Waals surface area contributed by atoms with Gasteiger partial charge in [0.2, 0.25) is 5.89 Å². The third-order valence-corrected chi connectivity index (χ3v) is 5.87. The van der Waals surface area contributed by atoms with Crippen LogP contribution in [0.15, 0.2) is 40.4 Å². The Hall–Kier alpha value is -2.18. The molecule has 1 aliphatic rings. The Morgan fingerprint density at radius 3 is 2.85 bits per heavy atom. The molecule has 0 saturated carbocycles. The second-order valence-corrected chi connectivity index (χ2v) is 7.62. The molecule has 26 heavy (non-hydrogen) atoms. The Kier molecular flexibility index (Phi) is 5.04. The highest BCUT2D eigenvalue weighted by Crippen LogP contribution is 2.34. The summed E-state index contributed by atoms with van der Waals surface area (Å²) in [6, 6.07) is 8.34.